The van der Waals surface area contributed by atoms with Crippen LogP contribution in [0.25, 0.3) is 54.9 Å². The van der Waals surface area contributed by atoms with E-state index in [4.69, 9.17) is 0 Å². The van der Waals surface area contributed by atoms with Gasteiger partial charge in [0.25, 0.3) is 0 Å². The lowest BCUT2D eigenvalue weighted by atomic mass is 9.67. The first kappa shape index (κ1) is 33.8. The molecule has 0 unspecified atom stereocenters. The van der Waals surface area contributed by atoms with E-state index < -0.39 is 5.41 Å². The lowest BCUT2D eigenvalue weighted by Crippen LogP contribution is -2.28. The van der Waals surface area contributed by atoms with Crippen molar-refractivity contribution in [2.75, 3.05) is 4.90 Å². The molecular formula is C57H39N. The highest BCUT2D eigenvalue weighted by atomic mass is 15.1. The van der Waals surface area contributed by atoms with Crippen molar-refractivity contribution in [3.63, 3.8) is 0 Å². The van der Waals surface area contributed by atoms with Gasteiger partial charge in [-0.05, 0) is 96.6 Å². The smallest absolute Gasteiger partial charge is 0.0714 e. The Balaban J connectivity index is 1.24. The number of rotatable bonds is 7. The van der Waals surface area contributed by atoms with Crippen molar-refractivity contribution >= 4 is 38.6 Å². The minimum absolute atomic E-state index is 0.579. The van der Waals surface area contributed by atoms with Gasteiger partial charge in [0.15, 0.2) is 0 Å². The number of benzene rings is 10. The molecule has 0 saturated carbocycles. The summed E-state index contributed by atoms with van der Waals surface area (Å²) in [4.78, 5) is 2.51. The maximum atomic E-state index is 2.51. The molecule has 1 aliphatic carbocycles. The van der Waals surface area contributed by atoms with E-state index in [1.807, 2.05) is 0 Å². The fourth-order valence-corrected chi connectivity index (χ4v) is 9.58. The molecule has 0 spiro atoms. The van der Waals surface area contributed by atoms with Crippen LogP contribution in [0.1, 0.15) is 22.3 Å². The SMILES string of the molecule is c1ccc(-c2ccc3c(c2)C(c2ccccc2)(c2ccccc2)c2cc(N(c4ccccc4-c4ccccc4)c4cc5ccccc5c5ccccc45)ccc2-3)cc1. The van der Waals surface area contributed by atoms with E-state index in [-0.39, 0.29) is 0 Å². The number of fused-ring (bicyclic) bond motifs is 6. The Morgan fingerprint density at radius 3 is 1.50 bits per heavy atom. The standard InChI is InChI=1S/C57H39N/c1-5-19-40(20-6-1)42-33-35-50-51-36-34-46(39-54(51)57(53(50)37-42,44-24-9-3-10-25-44)45-26-11-4-12-27-45)58(55-32-18-17-29-48(55)41-21-7-2-8-22-41)56-38-43-23-13-14-28-47(43)49-30-15-16-31-52(49)56/h1-39H. The summed E-state index contributed by atoms with van der Waals surface area (Å²) in [7, 11) is 0. The van der Waals surface area contributed by atoms with E-state index in [2.05, 4.69) is 241 Å². The molecule has 272 valence electrons. The zero-order valence-electron chi connectivity index (χ0n) is 32.0. The lowest BCUT2D eigenvalue weighted by Gasteiger charge is -2.35. The Labute approximate surface area is 339 Å². The molecule has 0 radical (unpaired) electrons. The predicted octanol–water partition coefficient (Wildman–Crippen LogP) is 15.2. The Bertz CT molecular complexity index is 3060. The van der Waals surface area contributed by atoms with Crippen molar-refractivity contribution in [2.24, 2.45) is 0 Å². The van der Waals surface area contributed by atoms with Crippen LogP contribution in [-0.2, 0) is 5.41 Å². The highest BCUT2D eigenvalue weighted by Gasteiger charge is 2.46. The monoisotopic (exact) mass is 737 g/mol. The Morgan fingerprint density at radius 2 is 0.810 bits per heavy atom. The van der Waals surface area contributed by atoms with Gasteiger partial charge in [0.1, 0.15) is 0 Å². The van der Waals surface area contributed by atoms with Crippen molar-refractivity contribution < 1.29 is 0 Å². The highest BCUT2D eigenvalue weighted by molar-refractivity contribution is 6.15. The third kappa shape index (κ3) is 5.32. The first-order valence-electron chi connectivity index (χ1n) is 20.1. The second-order valence-electron chi connectivity index (χ2n) is 15.2. The van der Waals surface area contributed by atoms with Crippen LogP contribution in [-0.4, -0.2) is 0 Å². The second-order valence-corrected chi connectivity index (χ2v) is 15.2. The summed E-state index contributed by atoms with van der Waals surface area (Å²) in [6.07, 6.45) is 0. The normalized spacial score (nSPS) is 12.6. The molecule has 0 saturated heterocycles. The van der Waals surface area contributed by atoms with E-state index in [0.29, 0.717) is 0 Å². The zero-order chi connectivity index (χ0) is 38.5. The fraction of sp³-hybridized carbons (Fsp3) is 0.0175. The summed E-state index contributed by atoms with van der Waals surface area (Å²) in [5, 5.41) is 4.91. The molecule has 0 amide bonds. The quantitative estimate of drug-likeness (QED) is 0.147. The van der Waals surface area contributed by atoms with Crippen LogP contribution in [0.4, 0.5) is 17.1 Å². The highest BCUT2D eigenvalue weighted by Crippen LogP contribution is 2.58. The maximum Gasteiger partial charge on any atom is 0.0714 e. The van der Waals surface area contributed by atoms with Gasteiger partial charge in [-0.25, -0.2) is 0 Å². The van der Waals surface area contributed by atoms with Crippen LogP contribution in [0.2, 0.25) is 0 Å². The second kappa shape index (κ2) is 13.9. The average Bonchev–Trinajstić information content (AvgIpc) is 3.60. The number of anilines is 3. The van der Waals surface area contributed by atoms with E-state index in [1.165, 1.54) is 77.2 Å². The van der Waals surface area contributed by atoms with Crippen molar-refractivity contribution in [2.45, 2.75) is 5.41 Å². The van der Waals surface area contributed by atoms with Crippen molar-refractivity contribution in [1.29, 1.82) is 0 Å². The molecule has 1 nitrogen and oxygen atoms in total. The number of para-hydroxylation sites is 1. The molecule has 0 N–H and O–H groups in total. The van der Waals surface area contributed by atoms with Gasteiger partial charge in [-0.3, -0.25) is 0 Å². The Hall–Kier alpha value is -7.48. The van der Waals surface area contributed by atoms with Crippen LogP contribution in [0.5, 0.6) is 0 Å². The Kier molecular flexibility index (Phi) is 8.12. The summed E-state index contributed by atoms with van der Waals surface area (Å²) < 4.78 is 0. The van der Waals surface area contributed by atoms with Gasteiger partial charge < -0.3 is 4.90 Å². The van der Waals surface area contributed by atoms with Gasteiger partial charge in [-0.15, -0.1) is 0 Å². The maximum absolute atomic E-state index is 2.51. The molecule has 0 atom stereocenters. The van der Waals surface area contributed by atoms with Crippen molar-refractivity contribution in [1.82, 2.24) is 0 Å². The van der Waals surface area contributed by atoms with Gasteiger partial charge >= 0.3 is 0 Å². The molecule has 1 heteroatoms. The first-order valence-corrected chi connectivity index (χ1v) is 20.1. The van der Waals surface area contributed by atoms with E-state index in [0.717, 1.165) is 17.1 Å². The summed E-state index contributed by atoms with van der Waals surface area (Å²) >= 11 is 0. The number of hydrogen-bond donors (Lipinski definition) is 0. The summed E-state index contributed by atoms with van der Waals surface area (Å²) in [6.45, 7) is 0. The third-order valence-electron chi connectivity index (χ3n) is 12.1. The molecule has 0 fully saturated rings. The molecule has 0 bridgehead atoms. The zero-order valence-corrected chi connectivity index (χ0v) is 32.0. The van der Waals surface area contributed by atoms with Gasteiger partial charge in [-0.2, -0.15) is 0 Å². The minimum atomic E-state index is -0.579. The Morgan fingerprint density at radius 1 is 0.293 bits per heavy atom. The van der Waals surface area contributed by atoms with Gasteiger partial charge in [-0.1, -0.05) is 206 Å². The number of hydrogen-bond acceptors (Lipinski definition) is 1. The van der Waals surface area contributed by atoms with Crippen molar-refractivity contribution in [3.05, 3.63) is 259 Å². The van der Waals surface area contributed by atoms with Crippen LogP contribution in [0.15, 0.2) is 237 Å². The molecule has 1 aliphatic rings. The predicted molar refractivity (Wildman–Crippen MR) is 244 cm³/mol. The number of nitrogens with zero attached hydrogens (tertiary/aromatic N) is 1. The molecule has 0 heterocycles. The average molecular weight is 738 g/mol. The molecule has 0 aliphatic heterocycles. The van der Waals surface area contributed by atoms with E-state index in [9.17, 15) is 0 Å². The molecular weight excluding hydrogens is 699 g/mol. The molecule has 58 heavy (non-hydrogen) atoms. The van der Waals surface area contributed by atoms with Crippen LogP contribution in [0, 0.1) is 0 Å². The summed E-state index contributed by atoms with van der Waals surface area (Å²) in [5.74, 6) is 0. The molecule has 11 rings (SSSR count). The minimum Gasteiger partial charge on any atom is -0.309 e. The van der Waals surface area contributed by atoms with Crippen LogP contribution < -0.4 is 4.90 Å². The largest absolute Gasteiger partial charge is 0.309 e. The molecule has 0 aromatic heterocycles. The van der Waals surface area contributed by atoms with E-state index >= 15 is 0 Å². The lowest BCUT2D eigenvalue weighted by molar-refractivity contribution is 0.768. The first-order chi connectivity index (χ1) is 28.8. The van der Waals surface area contributed by atoms with Gasteiger partial charge in [0.05, 0.1) is 16.8 Å². The van der Waals surface area contributed by atoms with E-state index in [1.54, 1.807) is 0 Å². The third-order valence-corrected chi connectivity index (χ3v) is 12.1. The van der Waals surface area contributed by atoms with Crippen LogP contribution >= 0.6 is 0 Å². The van der Waals surface area contributed by atoms with Crippen LogP contribution in [0.3, 0.4) is 0 Å². The molecule has 10 aromatic carbocycles. The van der Waals surface area contributed by atoms with Gasteiger partial charge in [0.2, 0.25) is 0 Å². The topological polar surface area (TPSA) is 3.24 Å². The fourth-order valence-electron chi connectivity index (χ4n) is 9.58. The van der Waals surface area contributed by atoms with Gasteiger partial charge in [0, 0.05) is 16.6 Å². The summed E-state index contributed by atoms with van der Waals surface area (Å²) in [5.41, 5.74) is 15.2. The summed E-state index contributed by atoms with van der Waals surface area (Å²) in [6, 6.07) is 87.0. The molecule has 10 aromatic rings. The van der Waals surface area contributed by atoms with Crippen molar-refractivity contribution in [3.8, 4) is 33.4 Å².